The van der Waals surface area contributed by atoms with Crippen LogP contribution in [0, 0.1) is 0 Å². The molecule has 15 heavy (non-hydrogen) atoms. The van der Waals surface area contributed by atoms with E-state index in [1.54, 1.807) is 0 Å². The summed E-state index contributed by atoms with van der Waals surface area (Å²) in [6.07, 6.45) is 9.72. The monoisotopic (exact) mass is 208 g/mol. The van der Waals surface area contributed by atoms with Gasteiger partial charge in [-0.15, -0.1) is 0 Å². The molecule has 2 N–H and O–H groups in total. The third kappa shape index (κ3) is 3.64. The van der Waals surface area contributed by atoms with Gasteiger partial charge in [-0.2, -0.15) is 0 Å². The fourth-order valence-electron chi connectivity index (χ4n) is 2.00. The lowest BCUT2D eigenvalue weighted by atomic mass is 10.1. The average molecular weight is 208 g/mol. The van der Waals surface area contributed by atoms with Gasteiger partial charge in [-0.1, -0.05) is 6.42 Å². The topological polar surface area (TPSA) is 41.9 Å². The van der Waals surface area contributed by atoms with Crippen LogP contribution in [0.4, 0.5) is 0 Å². The van der Waals surface area contributed by atoms with Crippen molar-refractivity contribution in [3.8, 4) is 0 Å². The second-order valence-corrected chi connectivity index (χ2v) is 4.15. The quantitative estimate of drug-likeness (QED) is 0.697. The van der Waals surface area contributed by atoms with Crippen LogP contribution in [-0.4, -0.2) is 35.2 Å². The minimum absolute atomic E-state index is 0.682. The predicted molar refractivity (Wildman–Crippen MR) is 60.7 cm³/mol. The number of nitrogens with zero attached hydrogens (tertiary/aromatic N) is 2. The Morgan fingerprint density at radius 3 is 3.20 bits per heavy atom. The number of hydrogen-bond acceptors (Lipinski definition) is 3. The van der Waals surface area contributed by atoms with E-state index in [9.17, 15) is 0 Å². The van der Waals surface area contributed by atoms with Gasteiger partial charge in [0, 0.05) is 38.1 Å². The van der Waals surface area contributed by atoms with E-state index in [2.05, 4.69) is 20.2 Å². The van der Waals surface area contributed by atoms with Crippen LogP contribution in [0.3, 0.4) is 0 Å². The van der Waals surface area contributed by atoms with E-state index < -0.39 is 0 Å². The summed E-state index contributed by atoms with van der Waals surface area (Å²) in [7, 11) is 0. The largest absolute Gasteiger partial charge is 0.336 e. The van der Waals surface area contributed by atoms with Crippen molar-refractivity contribution >= 4 is 0 Å². The van der Waals surface area contributed by atoms with Crippen LogP contribution in [0.5, 0.6) is 0 Å². The third-order valence-electron chi connectivity index (χ3n) is 2.91. The Morgan fingerprint density at radius 1 is 1.47 bits per heavy atom. The van der Waals surface area contributed by atoms with Crippen molar-refractivity contribution in [1.82, 2.24) is 20.2 Å². The van der Waals surface area contributed by atoms with Gasteiger partial charge in [-0.05, 0) is 19.4 Å². The molecular formula is C11H20N4. The normalized spacial score (nSPS) is 21.7. The maximum Gasteiger partial charge on any atom is 0.0946 e. The number of imidazole rings is 1. The van der Waals surface area contributed by atoms with Gasteiger partial charge in [-0.3, -0.25) is 0 Å². The highest BCUT2D eigenvalue weighted by Crippen LogP contribution is 2.05. The van der Waals surface area contributed by atoms with Crippen LogP contribution in [-0.2, 0) is 6.54 Å². The lowest BCUT2D eigenvalue weighted by molar-refractivity contribution is 0.381. The van der Waals surface area contributed by atoms with Crippen molar-refractivity contribution in [2.75, 3.05) is 19.6 Å². The predicted octanol–water partition coefficient (Wildman–Crippen LogP) is 0.615. The van der Waals surface area contributed by atoms with Crippen molar-refractivity contribution in [2.24, 2.45) is 0 Å². The van der Waals surface area contributed by atoms with E-state index in [0.29, 0.717) is 6.04 Å². The van der Waals surface area contributed by atoms with Gasteiger partial charge in [-0.25, -0.2) is 4.98 Å². The van der Waals surface area contributed by atoms with Crippen LogP contribution in [0.2, 0.25) is 0 Å². The molecule has 1 aromatic heterocycles. The lowest BCUT2D eigenvalue weighted by Gasteiger charge is -2.23. The Kier molecular flexibility index (Phi) is 4.17. The number of rotatable bonds is 5. The molecule has 0 radical (unpaired) electrons. The van der Waals surface area contributed by atoms with E-state index in [4.69, 9.17) is 0 Å². The van der Waals surface area contributed by atoms with Crippen LogP contribution in [0.1, 0.15) is 19.3 Å². The van der Waals surface area contributed by atoms with Crippen LogP contribution in [0.15, 0.2) is 18.7 Å². The molecular weight excluding hydrogens is 188 g/mol. The van der Waals surface area contributed by atoms with Gasteiger partial charge in [0.25, 0.3) is 0 Å². The molecule has 1 unspecified atom stereocenters. The molecule has 0 aromatic carbocycles. The van der Waals surface area contributed by atoms with Gasteiger partial charge in [0.2, 0.25) is 0 Å². The fourth-order valence-corrected chi connectivity index (χ4v) is 2.00. The van der Waals surface area contributed by atoms with Crippen molar-refractivity contribution in [1.29, 1.82) is 0 Å². The first kappa shape index (κ1) is 10.6. The standard InChI is InChI=1S/C11H20N4/c1-2-4-14-11(3-1)9-12-5-7-15-8-6-13-10-15/h6,8,10-12,14H,1-5,7,9H2. The van der Waals surface area contributed by atoms with Crippen LogP contribution >= 0.6 is 0 Å². The molecule has 84 valence electrons. The Bertz CT molecular complexity index is 252. The first-order valence-corrected chi connectivity index (χ1v) is 5.85. The fraction of sp³-hybridized carbons (Fsp3) is 0.727. The summed E-state index contributed by atoms with van der Waals surface area (Å²) in [5.74, 6) is 0. The minimum atomic E-state index is 0.682. The van der Waals surface area contributed by atoms with Gasteiger partial charge >= 0.3 is 0 Å². The van der Waals surface area contributed by atoms with Gasteiger partial charge in [0.15, 0.2) is 0 Å². The van der Waals surface area contributed by atoms with E-state index in [1.165, 1.54) is 25.8 Å². The van der Waals surface area contributed by atoms with E-state index in [1.807, 2.05) is 18.7 Å². The molecule has 0 spiro atoms. The summed E-state index contributed by atoms with van der Waals surface area (Å²) < 4.78 is 2.10. The highest BCUT2D eigenvalue weighted by atomic mass is 15.1. The molecule has 1 aliphatic heterocycles. The highest BCUT2D eigenvalue weighted by Gasteiger charge is 2.10. The number of nitrogens with one attached hydrogen (secondary N) is 2. The third-order valence-corrected chi connectivity index (χ3v) is 2.91. The van der Waals surface area contributed by atoms with Crippen molar-refractivity contribution < 1.29 is 0 Å². The van der Waals surface area contributed by atoms with Gasteiger partial charge < -0.3 is 15.2 Å². The van der Waals surface area contributed by atoms with E-state index in [-0.39, 0.29) is 0 Å². The summed E-state index contributed by atoms with van der Waals surface area (Å²) in [4.78, 5) is 4.01. The first-order chi connectivity index (χ1) is 7.45. The maximum atomic E-state index is 4.01. The zero-order valence-electron chi connectivity index (χ0n) is 9.15. The molecule has 2 heterocycles. The Balaban J connectivity index is 1.54. The molecule has 4 nitrogen and oxygen atoms in total. The molecule has 1 atom stereocenters. The first-order valence-electron chi connectivity index (χ1n) is 5.85. The van der Waals surface area contributed by atoms with Crippen molar-refractivity contribution in [3.63, 3.8) is 0 Å². The summed E-state index contributed by atoms with van der Waals surface area (Å²) in [5.41, 5.74) is 0. The summed E-state index contributed by atoms with van der Waals surface area (Å²) in [5, 5.41) is 7.01. The summed E-state index contributed by atoms with van der Waals surface area (Å²) in [6, 6.07) is 0.682. The molecule has 0 aliphatic carbocycles. The minimum Gasteiger partial charge on any atom is -0.336 e. The lowest BCUT2D eigenvalue weighted by Crippen LogP contribution is -2.42. The number of piperidine rings is 1. The summed E-state index contributed by atoms with van der Waals surface area (Å²) >= 11 is 0. The molecule has 0 bridgehead atoms. The SMILES string of the molecule is c1cn(CCNCC2CCCCN2)cn1. The Morgan fingerprint density at radius 2 is 2.47 bits per heavy atom. The maximum absolute atomic E-state index is 4.01. The Labute approximate surface area is 91.1 Å². The van der Waals surface area contributed by atoms with E-state index in [0.717, 1.165) is 19.6 Å². The molecule has 1 aliphatic rings. The molecule has 1 aromatic rings. The molecule has 1 fully saturated rings. The van der Waals surface area contributed by atoms with Gasteiger partial charge in [0.05, 0.1) is 6.33 Å². The highest BCUT2D eigenvalue weighted by molar-refractivity contribution is 4.76. The molecule has 0 amide bonds. The average Bonchev–Trinajstić information content (AvgIpc) is 2.79. The smallest absolute Gasteiger partial charge is 0.0946 e. The second kappa shape index (κ2) is 5.88. The van der Waals surface area contributed by atoms with E-state index >= 15 is 0 Å². The molecule has 4 heteroatoms. The molecule has 2 rings (SSSR count). The Hall–Kier alpha value is -0.870. The van der Waals surface area contributed by atoms with Crippen molar-refractivity contribution in [2.45, 2.75) is 31.8 Å². The zero-order chi connectivity index (χ0) is 10.3. The number of aromatic nitrogens is 2. The molecule has 0 saturated carbocycles. The van der Waals surface area contributed by atoms with Gasteiger partial charge in [0.1, 0.15) is 0 Å². The number of hydrogen-bond donors (Lipinski definition) is 2. The summed E-state index contributed by atoms with van der Waals surface area (Å²) in [6.45, 7) is 4.31. The molecule has 1 saturated heterocycles. The van der Waals surface area contributed by atoms with Crippen molar-refractivity contribution in [3.05, 3.63) is 18.7 Å². The van der Waals surface area contributed by atoms with Crippen LogP contribution in [0.25, 0.3) is 0 Å². The zero-order valence-corrected chi connectivity index (χ0v) is 9.15. The second-order valence-electron chi connectivity index (χ2n) is 4.15. The van der Waals surface area contributed by atoms with Crippen LogP contribution < -0.4 is 10.6 Å².